The fourth-order valence-electron chi connectivity index (χ4n) is 1.96. The van der Waals surface area contributed by atoms with Crippen LogP contribution >= 0.6 is 0 Å². The Balaban J connectivity index is 0. The molecule has 0 aromatic rings. The molecular weight excluding hydrogens is 412 g/mol. The van der Waals surface area contributed by atoms with Gasteiger partial charge in [0.25, 0.3) is 0 Å². The molecule has 0 aliphatic heterocycles. The standard InChI is InChI=1S/2C12H25NO3/c2*1-10(2)12(14)9-16-8-7-15-6-5-13-11(3)4/h2*10-11,13H,5-9H2,1-4H3. The van der Waals surface area contributed by atoms with E-state index in [-0.39, 0.29) is 36.6 Å². The smallest absolute Gasteiger partial charge is 0.160 e. The van der Waals surface area contributed by atoms with E-state index in [9.17, 15) is 9.59 Å². The maximum Gasteiger partial charge on any atom is 0.160 e. The highest BCUT2D eigenvalue weighted by atomic mass is 16.5. The largest absolute Gasteiger partial charge is 0.378 e. The Hall–Kier alpha value is -0.900. The molecule has 0 amide bonds. The maximum absolute atomic E-state index is 11.2. The van der Waals surface area contributed by atoms with E-state index in [1.807, 2.05) is 27.7 Å². The van der Waals surface area contributed by atoms with Crippen LogP contribution in [0.3, 0.4) is 0 Å². The zero-order valence-electron chi connectivity index (χ0n) is 21.8. The SMILES string of the molecule is CC(C)NCCOCCOCC(=O)C(C)C.CC(C)NCCOCCOCC(=O)C(C)C. The number of carbonyl (C=O) groups is 2. The van der Waals surface area contributed by atoms with Crippen molar-refractivity contribution in [3.05, 3.63) is 0 Å². The molecule has 0 atom stereocenters. The van der Waals surface area contributed by atoms with Gasteiger partial charge in [-0.05, 0) is 0 Å². The quantitative estimate of drug-likeness (QED) is 0.267. The van der Waals surface area contributed by atoms with Crippen LogP contribution < -0.4 is 10.6 Å². The average Bonchev–Trinajstić information content (AvgIpc) is 2.71. The number of rotatable bonds is 20. The molecule has 0 fully saturated rings. The summed E-state index contributed by atoms with van der Waals surface area (Å²) in [5, 5.41) is 6.50. The molecule has 0 saturated carbocycles. The lowest BCUT2D eigenvalue weighted by Gasteiger charge is -2.09. The number of Topliss-reactive ketones (excluding diaryl/α,β-unsaturated/α-hetero) is 2. The van der Waals surface area contributed by atoms with Crippen molar-refractivity contribution in [2.45, 2.75) is 67.5 Å². The summed E-state index contributed by atoms with van der Waals surface area (Å²) in [6.07, 6.45) is 0. The first-order valence-electron chi connectivity index (χ1n) is 11.9. The molecule has 0 unspecified atom stereocenters. The molecule has 0 aromatic heterocycles. The molecule has 8 nitrogen and oxygen atoms in total. The number of hydrogen-bond acceptors (Lipinski definition) is 8. The van der Waals surface area contributed by atoms with Crippen molar-refractivity contribution < 1.29 is 28.5 Å². The zero-order valence-corrected chi connectivity index (χ0v) is 21.8. The Labute approximate surface area is 196 Å². The summed E-state index contributed by atoms with van der Waals surface area (Å²) in [6.45, 7) is 21.4. The Bertz CT molecular complexity index is 402. The predicted molar refractivity (Wildman–Crippen MR) is 129 cm³/mol. The van der Waals surface area contributed by atoms with Gasteiger partial charge in [-0.1, -0.05) is 55.4 Å². The van der Waals surface area contributed by atoms with E-state index < -0.39 is 0 Å². The molecule has 0 aliphatic rings. The van der Waals surface area contributed by atoms with Gasteiger partial charge in [0.2, 0.25) is 0 Å². The van der Waals surface area contributed by atoms with Crippen LogP contribution in [0.4, 0.5) is 0 Å². The highest BCUT2D eigenvalue weighted by Crippen LogP contribution is 1.95. The lowest BCUT2D eigenvalue weighted by Crippen LogP contribution is -2.27. The number of carbonyl (C=O) groups excluding carboxylic acids is 2. The molecule has 0 aliphatic carbocycles. The molecule has 0 aromatic carbocycles. The second-order valence-electron chi connectivity index (χ2n) is 8.79. The molecule has 0 heterocycles. The molecule has 2 N–H and O–H groups in total. The lowest BCUT2D eigenvalue weighted by molar-refractivity contribution is -0.127. The van der Waals surface area contributed by atoms with E-state index in [1.165, 1.54) is 0 Å². The monoisotopic (exact) mass is 462 g/mol. The summed E-state index contributed by atoms with van der Waals surface area (Å²) >= 11 is 0. The first kappa shape index (κ1) is 33.3. The van der Waals surface area contributed by atoms with Gasteiger partial charge in [-0.2, -0.15) is 0 Å². The van der Waals surface area contributed by atoms with E-state index in [0.29, 0.717) is 51.7 Å². The number of ether oxygens (including phenoxy) is 4. The molecule has 0 spiro atoms. The van der Waals surface area contributed by atoms with Crippen molar-refractivity contribution in [3.8, 4) is 0 Å². The Morgan fingerprint density at radius 2 is 0.844 bits per heavy atom. The van der Waals surface area contributed by atoms with Crippen molar-refractivity contribution in [3.63, 3.8) is 0 Å². The van der Waals surface area contributed by atoms with E-state index in [2.05, 4.69) is 38.3 Å². The second-order valence-corrected chi connectivity index (χ2v) is 8.79. The second kappa shape index (κ2) is 23.3. The van der Waals surface area contributed by atoms with Gasteiger partial charge < -0.3 is 29.6 Å². The molecule has 0 rings (SSSR count). The van der Waals surface area contributed by atoms with Crippen molar-refractivity contribution in [1.29, 1.82) is 0 Å². The summed E-state index contributed by atoms with van der Waals surface area (Å²) in [5.41, 5.74) is 0. The average molecular weight is 463 g/mol. The van der Waals surface area contributed by atoms with Gasteiger partial charge in [0.1, 0.15) is 13.2 Å². The summed E-state index contributed by atoms with van der Waals surface area (Å²) in [6, 6.07) is 0.979. The minimum absolute atomic E-state index is 0.0520. The Kier molecular flexibility index (Phi) is 24.2. The van der Waals surface area contributed by atoms with Crippen LogP contribution in [-0.2, 0) is 28.5 Å². The first-order chi connectivity index (χ1) is 15.1. The third kappa shape index (κ3) is 27.1. The van der Waals surface area contributed by atoms with Crippen molar-refractivity contribution in [2.24, 2.45) is 11.8 Å². The van der Waals surface area contributed by atoms with E-state index >= 15 is 0 Å². The van der Waals surface area contributed by atoms with Crippen LogP contribution in [-0.4, -0.2) is 89.6 Å². The fraction of sp³-hybridized carbons (Fsp3) is 0.917. The van der Waals surface area contributed by atoms with Gasteiger partial charge in [-0.15, -0.1) is 0 Å². The van der Waals surface area contributed by atoms with Crippen LogP contribution in [0.2, 0.25) is 0 Å². The maximum atomic E-state index is 11.2. The summed E-state index contributed by atoms with van der Waals surface area (Å²) in [5.74, 6) is 0.385. The van der Waals surface area contributed by atoms with Gasteiger partial charge in [-0.3, -0.25) is 9.59 Å². The van der Waals surface area contributed by atoms with Crippen LogP contribution in [0.15, 0.2) is 0 Å². The Morgan fingerprint density at radius 1 is 0.531 bits per heavy atom. The highest BCUT2D eigenvalue weighted by molar-refractivity contribution is 5.81. The minimum Gasteiger partial charge on any atom is -0.378 e. The molecule has 0 saturated heterocycles. The third-order valence-corrected chi connectivity index (χ3v) is 4.12. The topological polar surface area (TPSA) is 95.1 Å². The normalized spacial score (nSPS) is 11.4. The zero-order chi connectivity index (χ0) is 24.8. The van der Waals surface area contributed by atoms with Crippen LogP contribution in [0, 0.1) is 11.8 Å². The van der Waals surface area contributed by atoms with Gasteiger partial charge >= 0.3 is 0 Å². The lowest BCUT2D eigenvalue weighted by atomic mass is 10.1. The van der Waals surface area contributed by atoms with E-state index in [0.717, 1.165) is 13.1 Å². The van der Waals surface area contributed by atoms with Crippen LogP contribution in [0.1, 0.15) is 55.4 Å². The van der Waals surface area contributed by atoms with Crippen molar-refractivity contribution >= 4 is 11.6 Å². The summed E-state index contributed by atoms with van der Waals surface area (Å²) < 4.78 is 21.0. The summed E-state index contributed by atoms with van der Waals surface area (Å²) in [4.78, 5) is 22.4. The molecule has 32 heavy (non-hydrogen) atoms. The van der Waals surface area contributed by atoms with Gasteiger partial charge in [0.05, 0.1) is 39.6 Å². The molecule has 8 heteroatoms. The third-order valence-electron chi connectivity index (χ3n) is 4.12. The molecule has 0 bridgehead atoms. The number of hydrogen-bond donors (Lipinski definition) is 2. The van der Waals surface area contributed by atoms with Gasteiger partial charge in [0.15, 0.2) is 11.6 Å². The molecule has 192 valence electrons. The highest BCUT2D eigenvalue weighted by Gasteiger charge is 2.07. The van der Waals surface area contributed by atoms with Gasteiger partial charge in [0, 0.05) is 37.0 Å². The minimum atomic E-state index is 0.0520. The van der Waals surface area contributed by atoms with Gasteiger partial charge in [-0.25, -0.2) is 0 Å². The molecule has 0 radical (unpaired) electrons. The Morgan fingerprint density at radius 3 is 1.12 bits per heavy atom. The number of ketones is 2. The first-order valence-corrected chi connectivity index (χ1v) is 11.9. The van der Waals surface area contributed by atoms with Crippen LogP contribution in [0.25, 0.3) is 0 Å². The summed E-state index contributed by atoms with van der Waals surface area (Å²) in [7, 11) is 0. The number of nitrogens with one attached hydrogen (secondary N) is 2. The van der Waals surface area contributed by atoms with E-state index in [1.54, 1.807) is 0 Å². The van der Waals surface area contributed by atoms with Crippen molar-refractivity contribution in [2.75, 3.05) is 65.9 Å². The van der Waals surface area contributed by atoms with Crippen LogP contribution in [0.5, 0.6) is 0 Å². The molecular formula is C24H50N2O6. The van der Waals surface area contributed by atoms with Crippen molar-refractivity contribution in [1.82, 2.24) is 10.6 Å². The fourth-order valence-corrected chi connectivity index (χ4v) is 1.96. The van der Waals surface area contributed by atoms with E-state index in [4.69, 9.17) is 18.9 Å². The predicted octanol–water partition coefficient (Wildman–Crippen LogP) is 2.49.